The summed E-state index contributed by atoms with van der Waals surface area (Å²) in [7, 11) is 1.96. The molecule has 1 atom stereocenters. The smallest absolute Gasteiger partial charge is 0.306 e. The first-order chi connectivity index (χ1) is 23.0. The van der Waals surface area contributed by atoms with Crippen LogP contribution in [0, 0.1) is 0 Å². The number of esters is 1. The van der Waals surface area contributed by atoms with Crippen molar-refractivity contribution < 1.29 is 19.4 Å². The number of carbonyl (C=O) groups is 2. The van der Waals surface area contributed by atoms with E-state index in [1.165, 1.54) is 0 Å². The van der Waals surface area contributed by atoms with Gasteiger partial charge in [-0.3, -0.25) is 9.59 Å². The van der Waals surface area contributed by atoms with Gasteiger partial charge in [-0.1, -0.05) is 30.3 Å². The average Bonchev–Trinajstić information content (AvgIpc) is 3.79. The van der Waals surface area contributed by atoms with Gasteiger partial charge in [0.2, 0.25) is 0 Å². The van der Waals surface area contributed by atoms with E-state index in [0.29, 0.717) is 38.0 Å². The number of aromatic nitrogens is 4. The molecule has 0 fully saturated rings. The van der Waals surface area contributed by atoms with Gasteiger partial charge >= 0.3 is 5.97 Å². The zero-order valence-electron chi connectivity index (χ0n) is 27.6. The van der Waals surface area contributed by atoms with Crippen molar-refractivity contribution >= 4 is 33.7 Å². The third kappa shape index (κ3) is 6.31. The van der Waals surface area contributed by atoms with Crippen LogP contribution in [0.1, 0.15) is 77.2 Å². The minimum atomic E-state index is -0.516. The molecule has 0 bridgehead atoms. The summed E-state index contributed by atoms with van der Waals surface area (Å²) in [6.07, 6.45) is 6.84. The van der Waals surface area contributed by atoms with E-state index in [0.717, 1.165) is 55.4 Å². The summed E-state index contributed by atoms with van der Waals surface area (Å²) in [5.74, 6) is -0.222. The number of phenolic OH excluding ortho intramolecular Hbond substituents is 1. The van der Waals surface area contributed by atoms with Crippen LogP contribution < -0.4 is 10.6 Å². The Morgan fingerprint density at radius 1 is 1.04 bits per heavy atom. The lowest BCUT2D eigenvalue weighted by molar-refractivity contribution is -0.154. The number of para-hydroxylation sites is 1. The number of phenols is 1. The van der Waals surface area contributed by atoms with E-state index in [9.17, 15) is 14.7 Å². The lowest BCUT2D eigenvalue weighted by atomic mass is 9.95. The average molecular weight is 645 g/mol. The first-order valence-corrected chi connectivity index (χ1v) is 16.3. The van der Waals surface area contributed by atoms with Crippen molar-refractivity contribution in [3.63, 3.8) is 0 Å². The molecule has 10 heteroatoms. The highest BCUT2D eigenvalue weighted by Crippen LogP contribution is 2.38. The van der Waals surface area contributed by atoms with Gasteiger partial charge in [-0.15, -0.1) is 0 Å². The molecule has 10 nitrogen and oxygen atoms in total. The number of carbonyl (C=O) groups excluding carboxylic acids is 2. The molecule has 48 heavy (non-hydrogen) atoms. The molecule has 6 aromatic rings. The number of aromatic hydroxyl groups is 1. The molecule has 1 unspecified atom stereocenters. The van der Waals surface area contributed by atoms with Crippen LogP contribution >= 0.6 is 0 Å². The summed E-state index contributed by atoms with van der Waals surface area (Å²) >= 11 is 0. The van der Waals surface area contributed by atoms with Gasteiger partial charge in [0.05, 0.1) is 24.6 Å². The monoisotopic (exact) mass is 644 g/mol. The Labute approximate surface area is 278 Å². The molecule has 1 aliphatic heterocycles. The Morgan fingerprint density at radius 3 is 2.67 bits per heavy atom. The van der Waals surface area contributed by atoms with Gasteiger partial charge in [-0.25, -0.2) is 4.98 Å². The number of ether oxygens (including phenoxy) is 1. The Morgan fingerprint density at radius 2 is 1.88 bits per heavy atom. The van der Waals surface area contributed by atoms with E-state index >= 15 is 0 Å². The molecule has 0 saturated carbocycles. The maximum atomic E-state index is 12.9. The van der Waals surface area contributed by atoms with Gasteiger partial charge in [0, 0.05) is 77.6 Å². The zero-order valence-corrected chi connectivity index (χ0v) is 27.6. The highest BCUT2D eigenvalue weighted by molar-refractivity contribution is 6.01. The summed E-state index contributed by atoms with van der Waals surface area (Å²) in [5, 5.41) is 19.1. The Kier molecular flexibility index (Phi) is 8.04. The number of nitrogens with zero attached hydrogens (tertiary/aromatic N) is 3. The van der Waals surface area contributed by atoms with Gasteiger partial charge < -0.3 is 34.6 Å². The largest absolute Gasteiger partial charge is 0.508 e. The molecule has 1 amide bonds. The van der Waals surface area contributed by atoms with Crippen molar-refractivity contribution in [1.82, 2.24) is 29.7 Å². The van der Waals surface area contributed by atoms with Crippen molar-refractivity contribution in [3.05, 3.63) is 119 Å². The molecule has 7 rings (SSSR count). The molecular weight excluding hydrogens is 604 g/mol. The van der Waals surface area contributed by atoms with Crippen molar-refractivity contribution in [2.45, 2.75) is 64.9 Å². The van der Waals surface area contributed by atoms with Gasteiger partial charge in [0.15, 0.2) is 0 Å². The van der Waals surface area contributed by atoms with Crippen molar-refractivity contribution in [2.24, 2.45) is 7.05 Å². The molecule has 0 radical (unpaired) electrons. The highest BCUT2D eigenvalue weighted by Gasteiger charge is 2.33. The fraction of sp³-hybridized carbons (Fsp3) is 0.289. The molecule has 0 spiro atoms. The third-order valence-corrected chi connectivity index (χ3v) is 8.75. The van der Waals surface area contributed by atoms with Crippen molar-refractivity contribution in [3.8, 4) is 5.75 Å². The van der Waals surface area contributed by atoms with Crippen LogP contribution in [0.25, 0.3) is 21.8 Å². The Balaban J connectivity index is 1.14. The molecule has 1 aliphatic rings. The van der Waals surface area contributed by atoms with Crippen LogP contribution in [0.2, 0.25) is 0 Å². The van der Waals surface area contributed by atoms with Crippen LogP contribution in [-0.2, 0) is 42.6 Å². The second-order valence-corrected chi connectivity index (χ2v) is 13.6. The number of benzene rings is 3. The van der Waals surface area contributed by atoms with Gasteiger partial charge in [-0.2, -0.15) is 0 Å². The summed E-state index contributed by atoms with van der Waals surface area (Å²) in [5.41, 5.74) is 8.03. The van der Waals surface area contributed by atoms with Crippen molar-refractivity contribution in [1.29, 1.82) is 0 Å². The SMILES string of the molecule is Cn1cnc(Cn2cc(CCC(=O)OC(C)(C)C)c3ccc(CNCc4[nH]c5ccccc5c4C4NC(=O)c5ccc(O)cc54)cc32)c1. The van der Waals surface area contributed by atoms with Crippen LogP contribution in [0.5, 0.6) is 5.75 Å². The molecule has 3 aromatic carbocycles. The molecule has 4 N–H and O–H groups in total. The van der Waals surface area contributed by atoms with E-state index < -0.39 is 5.60 Å². The quantitative estimate of drug-likeness (QED) is 0.136. The third-order valence-electron chi connectivity index (χ3n) is 8.75. The Hall–Kier alpha value is -5.35. The number of H-pyrrole nitrogens is 1. The van der Waals surface area contributed by atoms with Gasteiger partial charge in [0.1, 0.15) is 11.4 Å². The van der Waals surface area contributed by atoms with Gasteiger partial charge in [-0.05, 0) is 74.2 Å². The normalized spacial score (nSPS) is 14.5. The molecule has 0 aliphatic carbocycles. The predicted molar refractivity (Wildman–Crippen MR) is 185 cm³/mol. The summed E-state index contributed by atoms with van der Waals surface area (Å²) in [4.78, 5) is 33.5. The first kappa shape index (κ1) is 31.3. The summed E-state index contributed by atoms with van der Waals surface area (Å²) < 4.78 is 9.71. The predicted octanol–water partition coefficient (Wildman–Crippen LogP) is 6.01. The first-order valence-electron chi connectivity index (χ1n) is 16.3. The molecule has 3 aromatic heterocycles. The second kappa shape index (κ2) is 12.4. The Bertz CT molecular complexity index is 2170. The topological polar surface area (TPSA) is 126 Å². The number of aromatic amines is 1. The number of aryl methyl sites for hydroxylation is 2. The second-order valence-electron chi connectivity index (χ2n) is 13.6. The number of hydrogen-bond donors (Lipinski definition) is 4. The minimum absolute atomic E-state index is 0.131. The summed E-state index contributed by atoms with van der Waals surface area (Å²) in [6.45, 7) is 7.42. The van der Waals surface area contributed by atoms with E-state index in [2.05, 4.69) is 55.6 Å². The fourth-order valence-corrected chi connectivity index (χ4v) is 6.74. The van der Waals surface area contributed by atoms with Gasteiger partial charge in [0.25, 0.3) is 5.91 Å². The molecular formula is C38H40N6O4. The molecule has 246 valence electrons. The number of imidazole rings is 1. The maximum absolute atomic E-state index is 12.9. The molecule has 4 heterocycles. The molecule has 0 saturated heterocycles. The number of rotatable bonds is 10. The number of amides is 1. The van der Waals surface area contributed by atoms with Crippen LogP contribution in [0.15, 0.2) is 79.4 Å². The standard InChI is InChI=1S/C38H40N6O4/c1-38(2,3)48-34(46)14-10-24-19-44(21-25-20-43(4)22-40-25)33-15-23(9-12-27(24)33)17-39-18-32-35(29-7-5-6-8-31(29)41-32)36-30-16-26(45)11-13-28(30)37(47)42-36/h5-9,11-13,15-16,19-20,22,36,39,41,45H,10,14,17-18,21H2,1-4H3,(H,42,47). The number of hydrogen-bond acceptors (Lipinski definition) is 6. The summed E-state index contributed by atoms with van der Waals surface area (Å²) in [6, 6.07) is 19.1. The number of nitrogens with one attached hydrogen (secondary N) is 3. The van der Waals surface area contributed by atoms with Crippen LogP contribution in [-0.4, -0.2) is 41.7 Å². The zero-order chi connectivity index (χ0) is 33.6. The van der Waals surface area contributed by atoms with E-state index in [1.54, 1.807) is 24.5 Å². The maximum Gasteiger partial charge on any atom is 0.306 e. The lowest BCUT2D eigenvalue weighted by Crippen LogP contribution is -2.23. The van der Waals surface area contributed by atoms with Crippen LogP contribution in [0.3, 0.4) is 0 Å². The minimum Gasteiger partial charge on any atom is -0.508 e. The van der Waals surface area contributed by atoms with E-state index in [4.69, 9.17) is 4.74 Å². The van der Waals surface area contributed by atoms with Crippen molar-refractivity contribution in [2.75, 3.05) is 0 Å². The number of fused-ring (bicyclic) bond motifs is 3. The van der Waals surface area contributed by atoms with E-state index in [-0.39, 0.29) is 23.7 Å². The van der Waals surface area contributed by atoms with Crippen LogP contribution in [0.4, 0.5) is 0 Å². The fourth-order valence-electron chi connectivity index (χ4n) is 6.74. The van der Waals surface area contributed by atoms with E-state index in [1.807, 2.05) is 56.8 Å². The highest BCUT2D eigenvalue weighted by atomic mass is 16.6. The lowest BCUT2D eigenvalue weighted by Gasteiger charge is -2.19.